The maximum atomic E-state index is 13.3. The summed E-state index contributed by atoms with van der Waals surface area (Å²) in [5.41, 5.74) is -0.318. The van der Waals surface area contributed by atoms with Crippen LogP contribution in [0.3, 0.4) is 0 Å². The van der Waals surface area contributed by atoms with E-state index in [-0.39, 0.29) is 21.4 Å². The molecule has 3 rings (SSSR count). The summed E-state index contributed by atoms with van der Waals surface area (Å²) in [7, 11) is -4.19. The molecule has 0 aliphatic carbocycles. The Hall–Kier alpha value is -3.29. The van der Waals surface area contributed by atoms with Gasteiger partial charge in [0.15, 0.2) is 4.34 Å². The number of anilines is 2. The Balaban J connectivity index is 1.90. The molecule has 3 aromatic rings. The third-order valence-corrected chi connectivity index (χ3v) is 7.68. The minimum Gasteiger partial charge on any atom is -0.299 e. The fourth-order valence-corrected chi connectivity index (χ4v) is 5.50. The van der Waals surface area contributed by atoms with Crippen LogP contribution in [0.4, 0.5) is 16.5 Å². The van der Waals surface area contributed by atoms with Gasteiger partial charge < -0.3 is 0 Å². The number of thioether (sulfide) groups is 1. The number of nitro benzene ring substituents is 1. The van der Waals surface area contributed by atoms with Crippen molar-refractivity contribution in [1.82, 2.24) is 10.2 Å². The SMILES string of the molecule is C=CCSc1nnc(NC(=O)CN(c2cccc([N+](=O)[O-])c2)S(=O)(=O)c2ccccc2)s1. The Morgan fingerprint density at radius 3 is 2.66 bits per heavy atom. The maximum absolute atomic E-state index is 13.3. The number of nitrogens with zero attached hydrogens (tertiary/aromatic N) is 4. The molecular weight excluding hydrogens is 474 g/mol. The molecule has 0 bridgehead atoms. The number of non-ortho nitro benzene ring substituents is 1. The quantitative estimate of drug-likeness (QED) is 0.149. The van der Waals surface area contributed by atoms with Crippen molar-refractivity contribution in [3.8, 4) is 0 Å². The number of amides is 1. The number of carbonyl (C=O) groups excluding carboxylic acids is 1. The lowest BCUT2D eigenvalue weighted by molar-refractivity contribution is -0.384. The van der Waals surface area contributed by atoms with E-state index in [0.29, 0.717) is 10.1 Å². The van der Waals surface area contributed by atoms with E-state index < -0.39 is 27.4 Å². The molecular formula is C19H17N5O5S3. The first-order chi connectivity index (χ1) is 15.3. The molecule has 1 aromatic heterocycles. The molecule has 32 heavy (non-hydrogen) atoms. The van der Waals surface area contributed by atoms with E-state index in [9.17, 15) is 23.3 Å². The van der Waals surface area contributed by atoms with Crippen LogP contribution in [0.5, 0.6) is 0 Å². The van der Waals surface area contributed by atoms with Crippen molar-refractivity contribution in [2.75, 3.05) is 21.9 Å². The van der Waals surface area contributed by atoms with Gasteiger partial charge in [-0.15, -0.1) is 16.8 Å². The summed E-state index contributed by atoms with van der Waals surface area (Å²) in [6.07, 6.45) is 1.70. The van der Waals surface area contributed by atoms with Gasteiger partial charge in [0.05, 0.1) is 15.5 Å². The van der Waals surface area contributed by atoms with Gasteiger partial charge in [-0.2, -0.15) is 0 Å². The van der Waals surface area contributed by atoms with Gasteiger partial charge in [-0.3, -0.25) is 24.5 Å². The Morgan fingerprint density at radius 2 is 1.97 bits per heavy atom. The summed E-state index contributed by atoms with van der Waals surface area (Å²) in [4.78, 5) is 23.2. The average Bonchev–Trinajstić information content (AvgIpc) is 3.23. The number of hydrogen-bond donors (Lipinski definition) is 1. The molecule has 2 aromatic carbocycles. The van der Waals surface area contributed by atoms with Crippen molar-refractivity contribution in [1.29, 1.82) is 0 Å². The minimum atomic E-state index is -4.19. The zero-order valence-electron chi connectivity index (χ0n) is 16.4. The van der Waals surface area contributed by atoms with Crippen molar-refractivity contribution in [2.45, 2.75) is 9.24 Å². The van der Waals surface area contributed by atoms with E-state index in [0.717, 1.165) is 21.7 Å². The zero-order valence-corrected chi connectivity index (χ0v) is 18.9. The van der Waals surface area contributed by atoms with E-state index in [2.05, 4.69) is 22.1 Å². The lowest BCUT2D eigenvalue weighted by Gasteiger charge is -2.23. The highest BCUT2D eigenvalue weighted by Gasteiger charge is 2.28. The van der Waals surface area contributed by atoms with Gasteiger partial charge in [-0.25, -0.2) is 8.42 Å². The summed E-state index contributed by atoms with van der Waals surface area (Å²) in [6.45, 7) is 3.00. The number of benzene rings is 2. The summed E-state index contributed by atoms with van der Waals surface area (Å²) < 4.78 is 28.0. The fourth-order valence-electron chi connectivity index (χ4n) is 2.53. The Bertz CT molecular complexity index is 1230. The Morgan fingerprint density at radius 1 is 1.22 bits per heavy atom. The lowest BCUT2D eigenvalue weighted by Crippen LogP contribution is -2.38. The lowest BCUT2D eigenvalue weighted by atomic mass is 10.3. The van der Waals surface area contributed by atoms with Crippen LogP contribution in [0.15, 0.2) is 76.5 Å². The summed E-state index contributed by atoms with van der Waals surface area (Å²) in [5.74, 6) is -0.0502. The molecule has 0 saturated carbocycles. The van der Waals surface area contributed by atoms with Crippen LogP contribution in [0.2, 0.25) is 0 Å². The van der Waals surface area contributed by atoms with Crippen molar-refractivity contribution < 1.29 is 18.1 Å². The topological polar surface area (TPSA) is 135 Å². The number of aromatic nitrogens is 2. The van der Waals surface area contributed by atoms with Gasteiger partial charge in [0, 0.05) is 17.9 Å². The number of nitrogens with one attached hydrogen (secondary N) is 1. The average molecular weight is 492 g/mol. The largest absolute Gasteiger partial charge is 0.299 e. The van der Waals surface area contributed by atoms with Crippen LogP contribution in [-0.4, -0.2) is 41.7 Å². The van der Waals surface area contributed by atoms with Crippen LogP contribution in [0.1, 0.15) is 0 Å². The second-order valence-corrected chi connectivity index (χ2v) is 10.2. The third-order valence-electron chi connectivity index (χ3n) is 3.92. The first kappa shape index (κ1) is 23.4. The van der Waals surface area contributed by atoms with E-state index in [1.54, 1.807) is 24.3 Å². The molecule has 0 aliphatic rings. The summed E-state index contributed by atoms with van der Waals surface area (Å²) in [6, 6.07) is 12.6. The number of rotatable bonds is 10. The van der Waals surface area contributed by atoms with Gasteiger partial charge in [0.1, 0.15) is 6.54 Å². The highest BCUT2D eigenvalue weighted by atomic mass is 32.2. The highest BCUT2D eigenvalue weighted by Crippen LogP contribution is 2.28. The van der Waals surface area contributed by atoms with Crippen LogP contribution >= 0.6 is 23.1 Å². The molecule has 166 valence electrons. The van der Waals surface area contributed by atoms with E-state index >= 15 is 0 Å². The number of sulfonamides is 1. The van der Waals surface area contributed by atoms with Crippen LogP contribution in [0.25, 0.3) is 0 Å². The van der Waals surface area contributed by atoms with Gasteiger partial charge in [0.25, 0.3) is 15.7 Å². The van der Waals surface area contributed by atoms with Gasteiger partial charge in [-0.1, -0.05) is 53.4 Å². The zero-order chi connectivity index (χ0) is 23.1. The predicted molar refractivity (Wildman–Crippen MR) is 124 cm³/mol. The van der Waals surface area contributed by atoms with Crippen LogP contribution in [-0.2, 0) is 14.8 Å². The number of nitro groups is 1. The first-order valence-electron chi connectivity index (χ1n) is 9.00. The van der Waals surface area contributed by atoms with Crippen LogP contribution < -0.4 is 9.62 Å². The Kier molecular flexibility index (Phi) is 7.56. The van der Waals surface area contributed by atoms with E-state index in [1.165, 1.54) is 42.1 Å². The molecule has 0 atom stereocenters. The van der Waals surface area contributed by atoms with Crippen molar-refractivity contribution in [3.63, 3.8) is 0 Å². The molecule has 1 heterocycles. The molecule has 0 radical (unpaired) electrons. The molecule has 0 spiro atoms. The molecule has 0 aliphatic heterocycles. The predicted octanol–water partition coefficient (Wildman–Crippen LogP) is 3.56. The normalized spacial score (nSPS) is 11.0. The van der Waals surface area contributed by atoms with Gasteiger partial charge in [-0.05, 0) is 18.2 Å². The number of carbonyl (C=O) groups is 1. The van der Waals surface area contributed by atoms with E-state index in [4.69, 9.17) is 0 Å². The maximum Gasteiger partial charge on any atom is 0.271 e. The van der Waals surface area contributed by atoms with Crippen molar-refractivity contribution in [3.05, 3.63) is 77.4 Å². The van der Waals surface area contributed by atoms with Crippen molar-refractivity contribution in [2.24, 2.45) is 0 Å². The monoisotopic (exact) mass is 491 g/mol. The van der Waals surface area contributed by atoms with Crippen molar-refractivity contribution >= 4 is 55.5 Å². The standard InChI is InChI=1S/C19H17N5O5S3/c1-2-11-30-19-22-21-18(31-19)20-17(25)13-23(14-7-6-8-15(12-14)24(26)27)32(28,29)16-9-4-3-5-10-16/h2-10,12H,1,11,13H2,(H,20,21,25). The van der Waals surface area contributed by atoms with Gasteiger partial charge in [0.2, 0.25) is 11.0 Å². The van der Waals surface area contributed by atoms with Crippen LogP contribution in [0, 0.1) is 10.1 Å². The molecule has 10 nitrogen and oxygen atoms in total. The molecule has 1 amide bonds. The summed E-state index contributed by atoms with van der Waals surface area (Å²) in [5, 5.41) is 21.7. The second-order valence-electron chi connectivity index (χ2n) is 6.12. The van der Waals surface area contributed by atoms with Gasteiger partial charge >= 0.3 is 0 Å². The molecule has 1 N–H and O–H groups in total. The first-order valence-corrected chi connectivity index (χ1v) is 12.2. The fraction of sp³-hybridized carbons (Fsp3) is 0.105. The third kappa shape index (κ3) is 5.69. The minimum absolute atomic E-state index is 0.0160. The molecule has 0 saturated heterocycles. The molecule has 13 heteroatoms. The molecule has 0 fully saturated rings. The van der Waals surface area contributed by atoms with E-state index in [1.807, 2.05) is 0 Å². The highest BCUT2D eigenvalue weighted by molar-refractivity contribution is 8.01. The smallest absolute Gasteiger partial charge is 0.271 e. The second kappa shape index (κ2) is 10.3. The summed E-state index contributed by atoms with van der Waals surface area (Å²) >= 11 is 2.53. The number of hydrogen-bond acceptors (Lipinski definition) is 9. The molecule has 0 unspecified atom stereocenters. The Labute approximate surface area is 192 Å².